The van der Waals surface area contributed by atoms with Gasteiger partial charge < -0.3 is 48.7 Å². The van der Waals surface area contributed by atoms with Gasteiger partial charge in [-0.2, -0.15) is 0 Å². The van der Waals surface area contributed by atoms with Gasteiger partial charge in [0.25, 0.3) is 0 Å². The molecule has 4 aliphatic rings. The van der Waals surface area contributed by atoms with Crippen molar-refractivity contribution in [2.24, 2.45) is 22.7 Å². The molecule has 2 bridgehead atoms. The number of alkyl carbamates (subject to hydrolysis) is 1. The predicted molar refractivity (Wildman–Crippen MR) is 218 cm³/mol. The third kappa shape index (κ3) is 7.88. The molecule has 1 aliphatic heterocycles. The van der Waals surface area contributed by atoms with Crippen LogP contribution in [0.2, 0.25) is 0 Å². The molecule has 1 amide bonds. The van der Waals surface area contributed by atoms with Crippen LogP contribution >= 0.6 is 0 Å². The minimum Gasteiger partial charge on any atom is -0.456 e. The van der Waals surface area contributed by atoms with Crippen LogP contribution < -0.4 is 5.32 Å². The third-order valence-corrected chi connectivity index (χ3v) is 13.4. The number of esters is 3. The Balaban J connectivity index is 1.53. The molecule has 0 aromatic heterocycles. The second-order valence-electron chi connectivity index (χ2n) is 18.3. The van der Waals surface area contributed by atoms with E-state index in [1.807, 2.05) is 0 Å². The van der Waals surface area contributed by atoms with Crippen molar-refractivity contribution in [3.8, 4) is 0 Å². The second kappa shape index (κ2) is 16.9. The monoisotopic (exact) mass is 849 g/mol. The van der Waals surface area contributed by atoms with Crippen LogP contribution in [0.4, 0.5) is 4.79 Å². The summed E-state index contributed by atoms with van der Waals surface area (Å²) in [5, 5.41) is 27.8. The van der Waals surface area contributed by atoms with E-state index in [0.29, 0.717) is 11.1 Å². The molecule has 15 nitrogen and oxygen atoms in total. The lowest BCUT2D eigenvalue weighted by Gasteiger charge is -2.68. The molecule has 3 N–H and O–H groups in total. The highest BCUT2D eigenvalue weighted by Crippen LogP contribution is 2.65. The average Bonchev–Trinajstić information content (AvgIpc) is 3.19. The zero-order chi connectivity index (χ0) is 44.9. The first-order valence-corrected chi connectivity index (χ1v) is 20.6. The molecular formula is C46H59NO14. The van der Waals surface area contributed by atoms with Crippen LogP contribution in [0.1, 0.15) is 90.2 Å². The van der Waals surface area contributed by atoms with E-state index in [0.717, 1.165) is 0 Å². The number of carbonyl (C=O) groups excluding carboxylic acids is 5. The van der Waals surface area contributed by atoms with Crippen molar-refractivity contribution in [1.29, 1.82) is 0 Å². The molecule has 2 aromatic carbocycles. The maximum absolute atomic E-state index is 15.6. The molecule has 1 unspecified atom stereocenters. The van der Waals surface area contributed by atoms with E-state index in [1.165, 1.54) is 21.1 Å². The van der Waals surface area contributed by atoms with Crippen molar-refractivity contribution in [2.75, 3.05) is 27.4 Å². The number of amides is 1. The number of ketones is 1. The predicted octanol–water partition coefficient (Wildman–Crippen LogP) is 4.82. The van der Waals surface area contributed by atoms with Gasteiger partial charge >= 0.3 is 24.0 Å². The van der Waals surface area contributed by atoms with Crippen LogP contribution in [0, 0.1) is 22.7 Å². The maximum atomic E-state index is 15.6. The van der Waals surface area contributed by atoms with Crippen LogP contribution in [-0.2, 0) is 47.5 Å². The Morgan fingerprint density at radius 1 is 0.967 bits per heavy atom. The quantitative estimate of drug-likeness (QED) is 0.158. The smallest absolute Gasteiger partial charge is 0.408 e. The number of hydrogen-bond donors (Lipinski definition) is 3. The highest BCUT2D eigenvalue weighted by atomic mass is 16.6. The summed E-state index contributed by atoms with van der Waals surface area (Å²) in [5.41, 5.74) is -6.53. The molecule has 1 heterocycles. The van der Waals surface area contributed by atoms with E-state index >= 15 is 4.79 Å². The Hall–Kier alpha value is -4.67. The summed E-state index contributed by atoms with van der Waals surface area (Å²) in [6.45, 7) is 12.1. The zero-order valence-electron chi connectivity index (χ0n) is 36.5. The summed E-state index contributed by atoms with van der Waals surface area (Å²) >= 11 is 0. The number of ether oxygens (including phenoxy) is 7. The molecule has 0 spiro atoms. The van der Waals surface area contributed by atoms with Gasteiger partial charge in [-0.25, -0.2) is 14.4 Å². The van der Waals surface area contributed by atoms with Crippen molar-refractivity contribution in [1.82, 2.24) is 5.32 Å². The van der Waals surface area contributed by atoms with E-state index < -0.39 is 119 Å². The van der Waals surface area contributed by atoms with Gasteiger partial charge in [-0.1, -0.05) is 62.4 Å². The summed E-state index contributed by atoms with van der Waals surface area (Å²) < 4.78 is 42.4. The largest absolute Gasteiger partial charge is 0.456 e. The Morgan fingerprint density at radius 3 is 2.11 bits per heavy atom. The van der Waals surface area contributed by atoms with Crippen LogP contribution in [0.25, 0.3) is 0 Å². The Labute approximate surface area is 356 Å². The fourth-order valence-corrected chi connectivity index (χ4v) is 10.5. The van der Waals surface area contributed by atoms with Gasteiger partial charge in [0.2, 0.25) is 0 Å². The fraction of sp³-hybridized carbons (Fsp3) is 0.587. The van der Waals surface area contributed by atoms with Crippen LogP contribution in [0.3, 0.4) is 0 Å². The van der Waals surface area contributed by atoms with Crippen LogP contribution in [0.15, 0.2) is 71.8 Å². The van der Waals surface area contributed by atoms with Gasteiger partial charge in [0.15, 0.2) is 17.5 Å². The summed E-state index contributed by atoms with van der Waals surface area (Å²) in [6, 6.07) is 15.6. The Bertz CT molecular complexity index is 2030. The molecule has 2 aromatic rings. The number of hydrogen-bond acceptors (Lipinski definition) is 14. The fourth-order valence-electron chi connectivity index (χ4n) is 10.5. The molecule has 332 valence electrons. The van der Waals surface area contributed by atoms with E-state index in [1.54, 1.807) is 109 Å². The number of nitrogens with one attached hydrogen (secondary N) is 1. The molecule has 0 radical (unpaired) electrons. The topological polar surface area (TPSA) is 202 Å². The highest BCUT2D eigenvalue weighted by Gasteiger charge is 2.78. The minimum atomic E-state index is -2.21. The molecule has 3 aliphatic carbocycles. The highest BCUT2D eigenvalue weighted by molar-refractivity contribution is 5.93. The first kappa shape index (κ1) is 45.8. The van der Waals surface area contributed by atoms with Crippen LogP contribution in [0.5, 0.6) is 0 Å². The number of Topliss-reactive ketones (excluding diaryl/α,β-unsaturated/α-hetero) is 1. The summed E-state index contributed by atoms with van der Waals surface area (Å²) in [7, 11) is 2.72. The first-order valence-electron chi connectivity index (χ1n) is 20.6. The molecule has 15 heteroatoms. The van der Waals surface area contributed by atoms with Gasteiger partial charge in [-0.3, -0.25) is 9.59 Å². The maximum Gasteiger partial charge on any atom is 0.408 e. The van der Waals surface area contributed by atoms with Gasteiger partial charge in [0.05, 0.1) is 48.2 Å². The van der Waals surface area contributed by atoms with Crippen LogP contribution in [-0.4, -0.2) is 115 Å². The van der Waals surface area contributed by atoms with Crippen molar-refractivity contribution in [3.63, 3.8) is 0 Å². The number of methoxy groups -OCH3 is 2. The first-order chi connectivity index (χ1) is 28.6. The number of carbonyl (C=O) groups is 5. The average molecular weight is 850 g/mol. The lowest BCUT2D eigenvalue weighted by molar-refractivity contribution is -0.347. The molecule has 1 saturated heterocycles. The van der Waals surface area contributed by atoms with Gasteiger partial charge in [-0.05, 0) is 63.5 Å². The Morgan fingerprint density at radius 2 is 1.59 bits per heavy atom. The van der Waals surface area contributed by atoms with E-state index in [2.05, 4.69) is 5.32 Å². The molecule has 2 saturated carbocycles. The molecular weight excluding hydrogens is 790 g/mol. The number of rotatable bonds is 11. The lowest BCUT2D eigenvalue weighted by atomic mass is 9.43. The van der Waals surface area contributed by atoms with Gasteiger partial charge in [0.1, 0.15) is 29.5 Å². The number of aliphatic hydroxyl groups excluding tert-OH is 1. The summed E-state index contributed by atoms with van der Waals surface area (Å²) in [4.78, 5) is 70.7. The normalized spacial score (nSPS) is 32.6. The van der Waals surface area contributed by atoms with Gasteiger partial charge in [-0.15, -0.1) is 0 Å². The second-order valence-corrected chi connectivity index (χ2v) is 18.3. The lowest BCUT2D eigenvalue weighted by Crippen LogP contribution is -2.81. The molecule has 11 atom stereocenters. The molecule has 6 rings (SSSR count). The number of benzene rings is 2. The van der Waals surface area contributed by atoms with Crippen molar-refractivity contribution < 1.29 is 67.3 Å². The summed E-state index contributed by atoms with van der Waals surface area (Å²) in [6.07, 6.45) is -7.26. The molecule has 61 heavy (non-hydrogen) atoms. The van der Waals surface area contributed by atoms with E-state index in [9.17, 15) is 29.4 Å². The Kier molecular flexibility index (Phi) is 12.7. The zero-order valence-corrected chi connectivity index (χ0v) is 36.5. The van der Waals surface area contributed by atoms with E-state index in [4.69, 9.17) is 33.2 Å². The van der Waals surface area contributed by atoms with Gasteiger partial charge in [0, 0.05) is 39.4 Å². The summed E-state index contributed by atoms with van der Waals surface area (Å²) in [5.74, 6) is -5.59. The SMILES string of the molecule is CO[C@H]1C[C@H]2OC[C@@]2(OC(C)=O)C2[C@H](OC(=O)c3ccccc3)[C@]3(O)C[C@H](OC(=O)[C@H](OC)[C@@H](NC(=O)OC(C)(C)C)c4ccccc4)C(C)=C([C@@H](CO)C(=O)[C@@]21C)C3(C)C. The minimum absolute atomic E-state index is 0.110. The number of fused-ring (bicyclic) bond motifs is 5. The standard InChI is InChI=1S/C46H59NO14/c1-25-30(58-40(52)35(56-10)34(27-17-13-11-14-18-27)47-41(53)61-42(3,4)5)22-46(54)38(59-39(51)28-19-15-12-16-20-28)36-44(8,37(50)29(23-48)33(25)43(46,6)7)31(55-9)21-32-45(36,24-57-32)60-26(2)49/h11-20,29-32,34-36,38,48,54H,21-24H2,1-10H3,(H,47,53)/t29-,30+,31+,32-,34+,35-,36?,38+,44-,45+,46-/m1/s1. The van der Waals surface area contributed by atoms with E-state index in [-0.39, 0.29) is 24.2 Å². The third-order valence-electron chi connectivity index (χ3n) is 13.4. The number of aliphatic hydroxyl groups is 2. The van der Waals surface area contributed by atoms with Crippen molar-refractivity contribution >= 4 is 29.8 Å². The van der Waals surface area contributed by atoms with Crippen molar-refractivity contribution in [2.45, 2.75) is 122 Å². The van der Waals surface area contributed by atoms with Crippen molar-refractivity contribution in [3.05, 3.63) is 82.9 Å². The molecule has 3 fully saturated rings.